The third kappa shape index (κ3) is 3.82. The minimum Gasteiger partial charge on any atom is -0.423 e. The van der Waals surface area contributed by atoms with E-state index in [1.807, 2.05) is 6.92 Å². The zero-order chi connectivity index (χ0) is 17.8. The summed E-state index contributed by atoms with van der Waals surface area (Å²) in [6, 6.07) is 8.28. The Kier molecular flexibility index (Phi) is 4.74. The number of ether oxygens (including phenoxy) is 1. The number of hydrogen-bond acceptors (Lipinski definition) is 5. The quantitative estimate of drug-likeness (QED) is 0.550. The number of carbonyl (C=O) groups is 1. The minimum absolute atomic E-state index is 0.229. The van der Waals surface area contributed by atoms with Gasteiger partial charge < -0.3 is 9.72 Å². The van der Waals surface area contributed by atoms with Crippen LogP contribution in [0.2, 0.25) is 0 Å². The molecule has 0 aliphatic heterocycles. The molecule has 0 bridgehead atoms. The number of rotatable bonds is 5. The number of benzene rings is 1. The number of esters is 1. The van der Waals surface area contributed by atoms with Crippen molar-refractivity contribution in [2.75, 3.05) is 0 Å². The number of nitrogens with one attached hydrogen (secondary N) is 2. The second-order valence-electron chi connectivity index (χ2n) is 5.66. The van der Waals surface area contributed by atoms with Crippen LogP contribution in [0, 0.1) is 6.92 Å². The highest BCUT2D eigenvalue weighted by Gasteiger charge is 2.16. The predicted molar refractivity (Wildman–Crippen MR) is 92.6 cm³/mol. The number of nitrogens with zero attached hydrogens (tertiary/aromatic N) is 2. The lowest BCUT2D eigenvalue weighted by Gasteiger charge is -2.07. The van der Waals surface area contributed by atoms with Gasteiger partial charge in [-0.25, -0.2) is 9.78 Å². The molecule has 0 amide bonds. The van der Waals surface area contributed by atoms with E-state index in [2.05, 4.69) is 20.2 Å². The van der Waals surface area contributed by atoms with Gasteiger partial charge in [0.25, 0.3) is 5.56 Å². The van der Waals surface area contributed by atoms with E-state index in [0.717, 1.165) is 18.5 Å². The van der Waals surface area contributed by atoms with Gasteiger partial charge in [-0.05, 0) is 25.5 Å². The Labute approximate surface area is 144 Å². The fourth-order valence-electron chi connectivity index (χ4n) is 2.51. The first-order chi connectivity index (χ1) is 12.1. The fraction of sp³-hybridized carbons (Fsp3) is 0.222. The number of aromatic amines is 2. The molecular weight excluding hydrogens is 320 g/mol. The second kappa shape index (κ2) is 7.12. The van der Waals surface area contributed by atoms with Gasteiger partial charge in [-0.2, -0.15) is 5.10 Å². The molecule has 0 aliphatic rings. The zero-order valence-corrected chi connectivity index (χ0v) is 14.0. The average Bonchev–Trinajstić information content (AvgIpc) is 3.03. The van der Waals surface area contributed by atoms with Crippen LogP contribution in [0.4, 0.5) is 0 Å². The lowest BCUT2D eigenvalue weighted by atomic mass is 10.1. The molecular formula is C18H18N4O3. The maximum Gasteiger partial charge on any atom is 0.347 e. The predicted octanol–water partition coefficient (Wildman–Crippen LogP) is 2.64. The van der Waals surface area contributed by atoms with Crippen molar-refractivity contribution in [2.24, 2.45) is 0 Å². The van der Waals surface area contributed by atoms with Gasteiger partial charge in [0.2, 0.25) is 0 Å². The van der Waals surface area contributed by atoms with Crippen molar-refractivity contribution >= 4 is 5.97 Å². The molecule has 1 aromatic carbocycles. The number of hydrogen-bond donors (Lipinski definition) is 2. The van der Waals surface area contributed by atoms with Crippen molar-refractivity contribution < 1.29 is 9.53 Å². The Morgan fingerprint density at radius 1 is 1.28 bits per heavy atom. The smallest absolute Gasteiger partial charge is 0.347 e. The number of H-pyrrole nitrogens is 2. The third-order valence-corrected chi connectivity index (χ3v) is 3.63. The van der Waals surface area contributed by atoms with E-state index in [4.69, 9.17) is 4.74 Å². The van der Waals surface area contributed by atoms with Crippen molar-refractivity contribution in [2.45, 2.75) is 26.7 Å². The summed E-state index contributed by atoms with van der Waals surface area (Å²) in [5.41, 5.74) is 2.23. The molecule has 0 saturated carbocycles. The minimum atomic E-state index is -0.472. The molecule has 0 aliphatic carbocycles. The van der Waals surface area contributed by atoms with E-state index in [1.54, 1.807) is 31.2 Å². The van der Waals surface area contributed by atoms with E-state index < -0.39 is 5.97 Å². The molecule has 7 heteroatoms. The van der Waals surface area contributed by atoms with Crippen molar-refractivity contribution in [1.82, 2.24) is 20.2 Å². The van der Waals surface area contributed by atoms with Crippen LogP contribution < -0.4 is 10.3 Å². The zero-order valence-electron chi connectivity index (χ0n) is 14.0. The van der Waals surface area contributed by atoms with Gasteiger partial charge in [-0.15, -0.1) is 0 Å². The fourth-order valence-corrected chi connectivity index (χ4v) is 2.51. The molecule has 0 fully saturated rings. The van der Waals surface area contributed by atoms with Crippen molar-refractivity contribution in [1.29, 1.82) is 0 Å². The highest BCUT2D eigenvalue weighted by molar-refractivity contribution is 5.92. The van der Waals surface area contributed by atoms with Gasteiger partial charge in [-0.3, -0.25) is 9.89 Å². The van der Waals surface area contributed by atoms with E-state index in [1.165, 1.54) is 12.3 Å². The summed E-state index contributed by atoms with van der Waals surface area (Å²) >= 11 is 0. The topological polar surface area (TPSA) is 101 Å². The summed E-state index contributed by atoms with van der Waals surface area (Å²) in [5.74, 6) is 0.327. The average molecular weight is 338 g/mol. The van der Waals surface area contributed by atoms with Crippen LogP contribution in [0.25, 0.3) is 11.4 Å². The molecule has 128 valence electrons. The van der Waals surface area contributed by atoms with Gasteiger partial charge in [0, 0.05) is 23.0 Å². The molecule has 2 N–H and O–H groups in total. The number of aryl methyl sites for hydroxylation is 2. The normalized spacial score (nSPS) is 10.6. The summed E-state index contributed by atoms with van der Waals surface area (Å²) in [6.07, 6.45) is 3.08. The molecule has 0 spiro atoms. The van der Waals surface area contributed by atoms with E-state index in [-0.39, 0.29) is 5.56 Å². The van der Waals surface area contributed by atoms with Gasteiger partial charge in [0.1, 0.15) is 17.1 Å². The third-order valence-electron chi connectivity index (χ3n) is 3.63. The van der Waals surface area contributed by atoms with Crippen LogP contribution in [-0.2, 0) is 6.42 Å². The molecule has 0 radical (unpaired) electrons. The summed E-state index contributed by atoms with van der Waals surface area (Å²) in [4.78, 5) is 31.0. The van der Waals surface area contributed by atoms with E-state index >= 15 is 0 Å². The molecule has 2 heterocycles. The van der Waals surface area contributed by atoms with Gasteiger partial charge in [0.05, 0.1) is 6.20 Å². The number of carbonyl (C=O) groups excluding carboxylic acids is 1. The largest absolute Gasteiger partial charge is 0.423 e. The molecule has 3 rings (SSSR count). The second-order valence-corrected chi connectivity index (χ2v) is 5.66. The summed E-state index contributed by atoms with van der Waals surface area (Å²) < 4.78 is 5.45. The van der Waals surface area contributed by atoms with Crippen molar-refractivity contribution in [3.8, 4) is 17.1 Å². The molecule has 3 aromatic rings. The van der Waals surface area contributed by atoms with Gasteiger partial charge in [0.15, 0.2) is 0 Å². The SMILES string of the molecule is CCCc1[nH]ncc1C(=O)Oc1cccc(-c2nc(C)cc(=O)[nH]2)c1. The lowest BCUT2D eigenvalue weighted by molar-refractivity contribution is 0.0734. The lowest BCUT2D eigenvalue weighted by Crippen LogP contribution is -2.11. The monoisotopic (exact) mass is 338 g/mol. The first-order valence-electron chi connectivity index (χ1n) is 7.99. The molecule has 25 heavy (non-hydrogen) atoms. The first kappa shape index (κ1) is 16.6. The highest BCUT2D eigenvalue weighted by Crippen LogP contribution is 2.22. The van der Waals surface area contributed by atoms with Crippen LogP contribution in [0.15, 0.2) is 41.3 Å². The van der Waals surface area contributed by atoms with Crippen LogP contribution in [-0.4, -0.2) is 26.1 Å². The Balaban J connectivity index is 1.85. The van der Waals surface area contributed by atoms with Crippen LogP contribution in [0.3, 0.4) is 0 Å². The van der Waals surface area contributed by atoms with Gasteiger partial charge >= 0.3 is 5.97 Å². The van der Waals surface area contributed by atoms with E-state index in [9.17, 15) is 9.59 Å². The van der Waals surface area contributed by atoms with Gasteiger partial charge in [-0.1, -0.05) is 25.5 Å². The molecule has 0 atom stereocenters. The maximum atomic E-state index is 12.4. The molecule has 2 aromatic heterocycles. The van der Waals surface area contributed by atoms with E-state index in [0.29, 0.717) is 28.4 Å². The van der Waals surface area contributed by atoms with Crippen LogP contribution in [0.1, 0.15) is 35.1 Å². The molecule has 0 unspecified atom stereocenters. The Morgan fingerprint density at radius 2 is 2.12 bits per heavy atom. The Morgan fingerprint density at radius 3 is 2.88 bits per heavy atom. The Bertz CT molecular complexity index is 959. The highest BCUT2D eigenvalue weighted by atomic mass is 16.5. The standard InChI is InChI=1S/C18H18N4O3/c1-3-5-15-14(10-19-22-15)18(24)25-13-7-4-6-12(9-13)17-20-11(2)8-16(23)21-17/h4,6-10H,3,5H2,1-2H3,(H,19,22)(H,20,21,23). The Hall–Kier alpha value is -3.22. The number of aromatic nitrogens is 4. The summed E-state index contributed by atoms with van der Waals surface area (Å²) in [6.45, 7) is 3.77. The van der Waals surface area contributed by atoms with Crippen LogP contribution >= 0.6 is 0 Å². The molecule has 7 nitrogen and oxygen atoms in total. The van der Waals surface area contributed by atoms with Crippen LogP contribution in [0.5, 0.6) is 5.75 Å². The van der Waals surface area contributed by atoms with Crippen molar-refractivity contribution in [3.05, 3.63) is 63.8 Å². The summed E-state index contributed by atoms with van der Waals surface area (Å²) in [7, 11) is 0. The maximum absolute atomic E-state index is 12.4. The first-order valence-corrected chi connectivity index (χ1v) is 7.99. The summed E-state index contributed by atoms with van der Waals surface area (Å²) in [5, 5.41) is 6.73. The van der Waals surface area contributed by atoms with Crippen molar-refractivity contribution in [3.63, 3.8) is 0 Å². The molecule has 0 saturated heterocycles.